The molecule has 3 aromatic rings. The molecule has 0 fully saturated rings. The van der Waals surface area contributed by atoms with Crippen LogP contribution in [0.4, 0.5) is 11.4 Å². The van der Waals surface area contributed by atoms with E-state index in [0.717, 1.165) is 29.0 Å². The largest absolute Gasteiger partial charge is 0.377 e. The molecule has 0 spiro atoms. The number of tetrazole rings is 1. The van der Waals surface area contributed by atoms with Gasteiger partial charge in [0.2, 0.25) is 5.91 Å². The van der Waals surface area contributed by atoms with E-state index >= 15 is 0 Å². The smallest absolute Gasteiger partial charge is 0.224 e. The number of anilines is 2. The maximum absolute atomic E-state index is 11.9. The number of amides is 1. The maximum atomic E-state index is 11.9. The van der Waals surface area contributed by atoms with Crippen LogP contribution in [0.5, 0.6) is 0 Å². The van der Waals surface area contributed by atoms with Crippen molar-refractivity contribution in [1.82, 2.24) is 20.2 Å². The summed E-state index contributed by atoms with van der Waals surface area (Å²) in [4.78, 5) is 11.9. The van der Waals surface area contributed by atoms with Gasteiger partial charge in [-0.3, -0.25) is 4.79 Å². The van der Waals surface area contributed by atoms with Crippen molar-refractivity contribution in [2.45, 2.75) is 33.2 Å². The number of nitrogens with zero attached hydrogens (tertiary/aromatic N) is 4. The molecular weight excluding hydrogens is 328 g/mol. The zero-order chi connectivity index (χ0) is 18.4. The van der Waals surface area contributed by atoms with E-state index in [2.05, 4.69) is 26.2 Å². The Morgan fingerprint density at radius 3 is 2.62 bits per heavy atom. The molecule has 1 amide bonds. The molecule has 3 rings (SSSR count). The average molecular weight is 350 g/mol. The van der Waals surface area contributed by atoms with Crippen LogP contribution in [0.2, 0.25) is 0 Å². The van der Waals surface area contributed by atoms with E-state index in [1.165, 1.54) is 0 Å². The Kier molecular flexibility index (Phi) is 5.58. The summed E-state index contributed by atoms with van der Waals surface area (Å²) in [6.45, 7) is 4.43. The van der Waals surface area contributed by atoms with E-state index < -0.39 is 0 Å². The lowest BCUT2D eigenvalue weighted by Crippen LogP contribution is -2.13. The van der Waals surface area contributed by atoms with Crippen molar-refractivity contribution in [3.8, 4) is 5.69 Å². The van der Waals surface area contributed by atoms with Crippen LogP contribution in [0.15, 0.2) is 48.5 Å². The van der Waals surface area contributed by atoms with Crippen molar-refractivity contribution in [3.63, 3.8) is 0 Å². The molecule has 2 N–H and O–H groups in total. The van der Waals surface area contributed by atoms with Crippen LogP contribution in [0.1, 0.15) is 31.2 Å². The van der Waals surface area contributed by atoms with Gasteiger partial charge in [-0.2, -0.15) is 4.68 Å². The Hall–Kier alpha value is -3.22. The fraction of sp³-hybridized carbons (Fsp3) is 0.263. The van der Waals surface area contributed by atoms with Gasteiger partial charge in [0.15, 0.2) is 5.82 Å². The number of benzene rings is 2. The molecule has 0 bridgehead atoms. The molecular formula is C19H22N6O. The third-order valence-corrected chi connectivity index (χ3v) is 4.06. The normalized spacial score (nSPS) is 10.5. The molecule has 134 valence electrons. The van der Waals surface area contributed by atoms with Crippen molar-refractivity contribution in [1.29, 1.82) is 0 Å². The Morgan fingerprint density at radius 1 is 1.08 bits per heavy atom. The first-order valence-electron chi connectivity index (χ1n) is 8.65. The van der Waals surface area contributed by atoms with Crippen LogP contribution < -0.4 is 10.6 Å². The monoisotopic (exact) mass is 350 g/mol. The van der Waals surface area contributed by atoms with E-state index in [9.17, 15) is 4.79 Å². The van der Waals surface area contributed by atoms with Gasteiger partial charge in [-0.15, -0.1) is 5.10 Å². The van der Waals surface area contributed by atoms with Crippen molar-refractivity contribution in [3.05, 3.63) is 59.9 Å². The number of rotatable bonds is 7. The van der Waals surface area contributed by atoms with E-state index in [1.807, 2.05) is 62.4 Å². The van der Waals surface area contributed by atoms with Gasteiger partial charge in [-0.1, -0.05) is 31.2 Å². The fourth-order valence-electron chi connectivity index (χ4n) is 2.66. The Bertz CT molecular complexity index is 875. The Labute approximate surface area is 152 Å². The predicted octanol–water partition coefficient (Wildman–Crippen LogP) is 3.32. The summed E-state index contributed by atoms with van der Waals surface area (Å²) in [6, 6.07) is 15.5. The van der Waals surface area contributed by atoms with E-state index in [4.69, 9.17) is 0 Å². The van der Waals surface area contributed by atoms with Gasteiger partial charge in [0, 0.05) is 17.8 Å². The number of para-hydroxylation sites is 1. The minimum Gasteiger partial charge on any atom is -0.377 e. The SMILES string of the molecule is CCCC(=O)Nc1cccc(NCc2nnnn2-c2ccccc2)c1C. The molecule has 0 saturated carbocycles. The second-order valence-corrected chi connectivity index (χ2v) is 5.97. The molecule has 0 atom stereocenters. The van der Waals surface area contributed by atoms with Gasteiger partial charge < -0.3 is 10.6 Å². The van der Waals surface area contributed by atoms with Gasteiger partial charge in [0.25, 0.3) is 0 Å². The van der Waals surface area contributed by atoms with Crippen LogP contribution in [-0.4, -0.2) is 26.1 Å². The summed E-state index contributed by atoms with van der Waals surface area (Å²) >= 11 is 0. The summed E-state index contributed by atoms with van der Waals surface area (Å²) in [7, 11) is 0. The lowest BCUT2D eigenvalue weighted by Gasteiger charge is -2.14. The number of carbonyl (C=O) groups is 1. The van der Waals surface area contributed by atoms with Gasteiger partial charge in [0.05, 0.1) is 12.2 Å². The standard InChI is InChI=1S/C19H22N6O/c1-3-8-19(26)21-17-12-7-11-16(14(17)2)20-13-18-22-23-24-25(18)15-9-5-4-6-10-15/h4-7,9-12,20H,3,8,13H2,1-2H3,(H,21,26). The molecule has 1 heterocycles. The van der Waals surface area contributed by atoms with Gasteiger partial charge in [-0.05, 0) is 53.6 Å². The molecule has 0 radical (unpaired) electrons. The topological polar surface area (TPSA) is 84.7 Å². The third-order valence-electron chi connectivity index (χ3n) is 4.06. The molecule has 0 aliphatic heterocycles. The first-order valence-corrected chi connectivity index (χ1v) is 8.65. The number of hydrogen-bond acceptors (Lipinski definition) is 5. The van der Waals surface area contributed by atoms with Crippen molar-refractivity contribution in [2.24, 2.45) is 0 Å². The average Bonchev–Trinajstić information content (AvgIpc) is 3.12. The quantitative estimate of drug-likeness (QED) is 0.683. The van der Waals surface area contributed by atoms with Gasteiger partial charge in [0.1, 0.15) is 0 Å². The molecule has 0 saturated heterocycles. The number of carbonyl (C=O) groups excluding carboxylic acids is 1. The number of hydrogen-bond donors (Lipinski definition) is 2. The molecule has 7 heteroatoms. The number of aromatic nitrogens is 4. The fourth-order valence-corrected chi connectivity index (χ4v) is 2.66. The molecule has 0 aliphatic carbocycles. The second-order valence-electron chi connectivity index (χ2n) is 5.97. The van der Waals surface area contributed by atoms with Crippen LogP contribution in [0.3, 0.4) is 0 Å². The van der Waals surface area contributed by atoms with Crippen LogP contribution in [-0.2, 0) is 11.3 Å². The highest BCUT2D eigenvalue weighted by atomic mass is 16.1. The van der Waals surface area contributed by atoms with E-state index in [1.54, 1.807) is 4.68 Å². The van der Waals surface area contributed by atoms with E-state index in [-0.39, 0.29) is 5.91 Å². The summed E-state index contributed by atoms with van der Waals surface area (Å²) in [6.07, 6.45) is 1.34. The molecule has 0 unspecified atom stereocenters. The van der Waals surface area contributed by atoms with Crippen molar-refractivity contribution in [2.75, 3.05) is 10.6 Å². The second kappa shape index (κ2) is 8.24. The van der Waals surface area contributed by atoms with Crippen molar-refractivity contribution >= 4 is 17.3 Å². The Balaban J connectivity index is 1.73. The maximum Gasteiger partial charge on any atom is 0.224 e. The zero-order valence-corrected chi connectivity index (χ0v) is 14.9. The van der Waals surface area contributed by atoms with Gasteiger partial charge in [-0.25, -0.2) is 0 Å². The minimum absolute atomic E-state index is 0.0285. The number of nitrogens with one attached hydrogen (secondary N) is 2. The first kappa shape index (κ1) is 17.6. The van der Waals surface area contributed by atoms with Crippen LogP contribution in [0, 0.1) is 6.92 Å². The van der Waals surface area contributed by atoms with Crippen LogP contribution >= 0.6 is 0 Å². The Morgan fingerprint density at radius 2 is 1.85 bits per heavy atom. The molecule has 1 aromatic heterocycles. The highest BCUT2D eigenvalue weighted by Crippen LogP contribution is 2.24. The first-order chi connectivity index (χ1) is 12.7. The molecule has 26 heavy (non-hydrogen) atoms. The highest BCUT2D eigenvalue weighted by molar-refractivity contribution is 5.92. The highest BCUT2D eigenvalue weighted by Gasteiger charge is 2.10. The minimum atomic E-state index is 0.0285. The van der Waals surface area contributed by atoms with Crippen LogP contribution in [0.25, 0.3) is 5.69 Å². The third kappa shape index (κ3) is 4.05. The lowest BCUT2D eigenvalue weighted by atomic mass is 10.1. The van der Waals surface area contributed by atoms with Crippen molar-refractivity contribution < 1.29 is 4.79 Å². The predicted molar refractivity (Wildman–Crippen MR) is 101 cm³/mol. The zero-order valence-electron chi connectivity index (χ0n) is 14.9. The summed E-state index contributed by atoms with van der Waals surface area (Å²) in [5.74, 6) is 0.733. The molecule has 2 aromatic carbocycles. The lowest BCUT2D eigenvalue weighted by molar-refractivity contribution is -0.116. The summed E-state index contributed by atoms with van der Waals surface area (Å²) < 4.78 is 1.70. The van der Waals surface area contributed by atoms with Gasteiger partial charge >= 0.3 is 0 Å². The molecule has 7 nitrogen and oxygen atoms in total. The summed E-state index contributed by atoms with van der Waals surface area (Å²) in [5, 5.41) is 18.2. The summed E-state index contributed by atoms with van der Waals surface area (Å²) in [5.41, 5.74) is 3.64. The van der Waals surface area contributed by atoms with E-state index in [0.29, 0.717) is 18.8 Å². The molecule has 0 aliphatic rings.